The first-order valence-corrected chi connectivity index (χ1v) is 9.59. The smallest absolute Gasteiger partial charge is 0.254 e. The van der Waals surface area contributed by atoms with Gasteiger partial charge in [-0.1, -0.05) is 6.92 Å². The zero-order valence-corrected chi connectivity index (χ0v) is 15.6. The summed E-state index contributed by atoms with van der Waals surface area (Å²) in [6.07, 6.45) is 3.57. The van der Waals surface area contributed by atoms with E-state index >= 15 is 0 Å². The molecule has 2 aromatic heterocycles. The Morgan fingerprint density at radius 3 is 2.80 bits per heavy atom. The highest BCUT2D eigenvalue weighted by molar-refractivity contribution is 8.00. The molecule has 3 N–H and O–H groups in total. The fourth-order valence-electron chi connectivity index (χ4n) is 2.90. The number of pyridine rings is 1. The highest BCUT2D eigenvalue weighted by Crippen LogP contribution is 2.41. The number of rotatable bonds is 6. The Labute approximate surface area is 151 Å². The second-order valence-electron chi connectivity index (χ2n) is 6.50. The molecular weight excluding hydrogens is 336 g/mol. The quantitative estimate of drug-likeness (QED) is 0.733. The van der Waals surface area contributed by atoms with Crippen LogP contribution >= 0.6 is 11.8 Å². The highest BCUT2D eigenvalue weighted by atomic mass is 32.2. The first kappa shape index (κ1) is 17.9. The minimum Gasteiger partial charge on any atom is -0.387 e. The lowest BCUT2D eigenvalue weighted by molar-refractivity contribution is -0.0120. The molecule has 1 saturated carbocycles. The van der Waals surface area contributed by atoms with E-state index in [1.165, 1.54) is 0 Å². The maximum absolute atomic E-state index is 11.9. The Bertz CT molecular complexity index is 806. The number of anilines is 1. The van der Waals surface area contributed by atoms with E-state index < -0.39 is 5.60 Å². The molecule has 2 heterocycles. The summed E-state index contributed by atoms with van der Waals surface area (Å²) in [5.74, 6) is 2.24. The van der Waals surface area contributed by atoms with E-state index in [0.29, 0.717) is 34.7 Å². The van der Waals surface area contributed by atoms with Crippen LogP contribution < -0.4 is 10.9 Å². The molecule has 1 aliphatic rings. The summed E-state index contributed by atoms with van der Waals surface area (Å²) in [6.45, 7) is 6.19. The van der Waals surface area contributed by atoms with Crippen LogP contribution in [0.1, 0.15) is 31.0 Å². The van der Waals surface area contributed by atoms with Crippen molar-refractivity contribution in [3.8, 4) is 11.4 Å². The number of aromatic amines is 1. The number of hydrogen-bond donors (Lipinski definition) is 3. The van der Waals surface area contributed by atoms with Gasteiger partial charge in [-0.05, 0) is 44.6 Å². The van der Waals surface area contributed by atoms with E-state index in [1.54, 1.807) is 13.1 Å². The van der Waals surface area contributed by atoms with Crippen LogP contribution in [0.25, 0.3) is 11.4 Å². The summed E-state index contributed by atoms with van der Waals surface area (Å²) in [5.41, 5.74) is 1.32. The van der Waals surface area contributed by atoms with Crippen LogP contribution in [0.2, 0.25) is 0 Å². The maximum Gasteiger partial charge on any atom is 0.254 e. The van der Waals surface area contributed by atoms with Gasteiger partial charge in [-0.3, -0.25) is 4.79 Å². The Morgan fingerprint density at radius 2 is 2.24 bits per heavy atom. The summed E-state index contributed by atoms with van der Waals surface area (Å²) >= 11 is 1.81. The van der Waals surface area contributed by atoms with Crippen molar-refractivity contribution in [2.75, 3.05) is 17.6 Å². The van der Waals surface area contributed by atoms with Gasteiger partial charge in [0.2, 0.25) is 0 Å². The summed E-state index contributed by atoms with van der Waals surface area (Å²) in [7, 11) is 0. The Kier molecular flexibility index (Phi) is 5.15. The SMILES string of the molecule is CCSC1CCC1(O)CNc1ccc(-c2nc(C)c(C)c(=O)[nH]2)cn1. The number of nitrogens with zero attached hydrogens (tertiary/aromatic N) is 2. The molecule has 0 amide bonds. The van der Waals surface area contributed by atoms with E-state index in [1.807, 2.05) is 30.8 Å². The number of H-pyrrole nitrogens is 1. The number of nitrogens with one attached hydrogen (secondary N) is 2. The van der Waals surface area contributed by atoms with E-state index in [9.17, 15) is 9.90 Å². The van der Waals surface area contributed by atoms with Crippen molar-refractivity contribution < 1.29 is 5.11 Å². The van der Waals surface area contributed by atoms with Crippen molar-refractivity contribution in [3.05, 3.63) is 39.9 Å². The molecule has 6 nitrogen and oxygen atoms in total. The normalized spacial score (nSPS) is 22.5. The summed E-state index contributed by atoms with van der Waals surface area (Å²) < 4.78 is 0. The van der Waals surface area contributed by atoms with Crippen LogP contribution in [0.3, 0.4) is 0 Å². The van der Waals surface area contributed by atoms with Gasteiger partial charge in [-0.15, -0.1) is 0 Å². The van der Waals surface area contributed by atoms with Crippen molar-refractivity contribution in [2.24, 2.45) is 0 Å². The molecule has 0 radical (unpaired) electrons. The van der Waals surface area contributed by atoms with Gasteiger partial charge in [0.15, 0.2) is 0 Å². The van der Waals surface area contributed by atoms with Gasteiger partial charge in [0.1, 0.15) is 11.6 Å². The van der Waals surface area contributed by atoms with Crippen LogP contribution in [-0.2, 0) is 0 Å². The van der Waals surface area contributed by atoms with Gasteiger partial charge in [0, 0.05) is 34.8 Å². The molecule has 2 atom stereocenters. The first-order chi connectivity index (χ1) is 11.9. The first-order valence-electron chi connectivity index (χ1n) is 8.55. The van der Waals surface area contributed by atoms with Crippen LogP contribution in [-0.4, -0.2) is 43.2 Å². The molecular formula is C18H24N4O2S. The standard InChI is InChI=1S/C18H24N4O2S/c1-4-25-14-7-8-18(14,24)10-20-15-6-5-13(9-19-15)16-21-12(3)11(2)17(23)22-16/h5-6,9,14,24H,4,7-8,10H2,1-3H3,(H,19,20)(H,21,22,23). The van der Waals surface area contributed by atoms with Crippen molar-refractivity contribution >= 4 is 17.6 Å². The highest BCUT2D eigenvalue weighted by Gasteiger charge is 2.44. The average molecular weight is 360 g/mol. The lowest BCUT2D eigenvalue weighted by Crippen LogP contribution is -2.54. The molecule has 2 aromatic rings. The van der Waals surface area contributed by atoms with E-state index in [-0.39, 0.29) is 5.56 Å². The van der Waals surface area contributed by atoms with Crippen LogP contribution in [0.5, 0.6) is 0 Å². The molecule has 0 spiro atoms. The second-order valence-corrected chi connectivity index (χ2v) is 7.98. The van der Waals surface area contributed by atoms with Gasteiger partial charge < -0.3 is 15.4 Å². The average Bonchev–Trinajstić information content (AvgIpc) is 2.61. The fourth-order valence-corrected chi connectivity index (χ4v) is 4.10. The predicted octanol–water partition coefficient (Wildman–Crippen LogP) is 2.51. The largest absolute Gasteiger partial charge is 0.387 e. The maximum atomic E-state index is 11.9. The van der Waals surface area contributed by atoms with Crippen LogP contribution in [0.4, 0.5) is 5.82 Å². The van der Waals surface area contributed by atoms with E-state index in [4.69, 9.17) is 0 Å². The lowest BCUT2D eigenvalue weighted by Gasteiger charge is -2.45. The molecule has 25 heavy (non-hydrogen) atoms. The number of thioether (sulfide) groups is 1. The third-order valence-corrected chi connectivity index (χ3v) is 6.22. The molecule has 0 aliphatic heterocycles. The summed E-state index contributed by atoms with van der Waals surface area (Å²) in [4.78, 5) is 23.4. The molecule has 7 heteroatoms. The van der Waals surface area contributed by atoms with E-state index in [2.05, 4.69) is 27.2 Å². The van der Waals surface area contributed by atoms with Crippen LogP contribution in [0.15, 0.2) is 23.1 Å². The van der Waals surface area contributed by atoms with Gasteiger partial charge in [-0.25, -0.2) is 9.97 Å². The van der Waals surface area contributed by atoms with Gasteiger partial charge in [-0.2, -0.15) is 11.8 Å². The fraction of sp³-hybridized carbons (Fsp3) is 0.500. The minimum atomic E-state index is -0.651. The zero-order chi connectivity index (χ0) is 18.0. The number of aryl methyl sites for hydroxylation is 1. The molecule has 134 valence electrons. The topological polar surface area (TPSA) is 90.9 Å². The summed E-state index contributed by atoms with van der Waals surface area (Å²) in [5, 5.41) is 14.1. The molecule has 2 unspecified atom stereocenters. The zero-order valence-electron chi connectivity index (χ0n) is 14.8. The van der Waals surface area contributed by atoms with Crippen molar-refractivity contribution in [2.45, 2.75) is 44.5 Å². The lowest BCUT2D eigenvalue weighted by atomic mass is 9.79. The number of aliphatic hydroxyl groups is 1. The molecule has 0 saturated heterocycles. The molecule has 1 aliphatic carbocycles. The summed E-state index contributed by atoms with van der Waals surface area (Å²) in [6, 6.07) is 3.71. The van der Waals surface area contributed by atoms with Crippen molar-refractivity contribution in [3.63, 3.8) is 0 Å². The Hall–Kier alpha value is -1.86. The third kappa shape index (κ3) is 3.72. The van der Waals surface area contributed by atoms with Gasteiger partial charge >= 0.3 is 0 Å². The molecule has 0 aromatic carbocycles. The molecule has 3 rings (SSSR count). The Morgan fingerprint density at radius 1 is 1.44 bits per heavy atom. The van der Waals surface area contributed by atoms with Gasteiger partial charge in [0.05, 0.1) is 5.60 Å². The predicted molar refractivity (Wildman–Crippen MR) is 102 cm³/mol. The second kappa shape index (κ2) is 7.17. The number of aromatic nitrogens is 3. The monoisotopic (exact) mass is 360 g/mol. The van der Waals surface area contributed by atoms with Crippen molar-refractivity contribution in [1.82, 2.24) is 15.0 Å². The molecule has 0 bridgehead atoms. The van der Waals surface area contributed by atoms with Gasteiger partial charge in [0.25, 0.3) is 5.56 Å². The number of hydrogen-bond acceptors (Lipinski definition) is 6. The third-order valence-electron chi connectivity index (χ3n) is 4.81. The van der Waals surface area contributed by atoms with Crippen LogP contribution in [0, 0.1) is 13.8 Å². The van der Waals surface area contributed by atoms with Crippen molar-refractivity contribution in [1.29, 1.82) is 0 Å². The molecule has 1 fully saturated rings. The minimum absolute atomic E-state index is 0.128. The Balaban J connectivity index is 1.68. The van der Waals surface area contributed by atoms with E-state index in [0.717, 1.165) is 24.2 Å².